The van der Waals surface area contributed by atoms with E-state index < -0.39 is 0 Å². The number of hydrogen-bond donors (Lipinski definition) is 1. The molecule has 0 aliphatic heterocycles. The lowest BCUT2D eigenvalue weighted by molar-refractivity contribution is 0.305. The van der Waals surface area contributed by atoms with Gasteiger partial charge < -0.3 is 10.1 Å². The summed E-state index contributed by atoms with van der Waals surface area (Å²) in [5.41, 5.74) is 5.41. The summed E-state index contributed by atoms with van der Waals surface area (Å²) in [5, 5.41) is 3.52. The fourth-order valence-corrected chi connectivity index (χ4v) is 4.01. The summed E-state index contributed by atoms with van der Waals surface area (Å²) >= 11 is 0. The molecule has 0 saturated carbocycles. The monoisotopic (exact) mass is 379 g/mol. The van der Waals surface area contributed by atoms with E-state index in [-0.39, 0.29) is 12.4 Å². The average molecular weight is 380 g/mol. The molecule has 3 heteroatoms. The number of benzene rings is 3. The number of nitrogens with one attached hydrogen (secondary N) is 1. The van der Waals surface area contributed by atoms with Gasteiger partial charge in [-0.15, -0.1) is 12.4 Å². The van der Waals surface area contributed by atoms with Crippen LogP contribution in [0.3, 0.4) is 0 Å². The minimum atomic E-state index is 0. The first-order valence-electron chi connectivity index (χ1n) is 9.37. The number of hydrogen-bond acceptors (Lipinski definition) is 2. The summed E-state index contributed by atoms with van der Waals surface area (Å²) in [6.07, 6.45) is 2.23. The van der Waals surface area contributed by atoms with Gasteiger partial charge in [-0.25, -0.2) is 0 Å². The van der Waals surface area contributed by atoms with Crippen LogP contribution in [0.25, 0.3) is 0 Å². The van der Waals surface area contributed by atoms with Gasteiger partial charge in [-0.3, -0.25) is 0 Å². The Morgan fingerprint density at radius 3 is 2.33 bits per heavy atom. The van der Waals surface area contributed by atoms with Gasteiger partial charge in [-0.1, -0.05) is 66.7 Å². The predicted octanol–water partition coefficient (Wildman–Crippen LogP) is 5.35. The van der Waals surface area contributed by atoms with E-state index in [1.807, 2.05) is 18.2 Å². The third kappa shape index (κ3) is 4.35. The Morgan fingerprint density at radius 1 is 0.926 bits per heavy atom. The lowest BCUT2D eigenvalue weighted by Gasteiger charge is -2.34. The first-order chi connectivity index (χ1) is 12.8. The van der Waals surface area contributed by atoms with Crippen LogP contribution in [0.2, 0.25) is 0 Å². The molecule has 2 nitrogen and oxygen atoms in total. The van der Waals surface area contributed by atoms with E-state index in [1.54, 1.807) is 0 Å². The molecule has 0 fully saturated rings. The summed E-state index contributed by atoms with van der Waals surface area (Å²) in [6.45, 7) is 0.612. The SMILES string of the molecule is CNC1CCc2cc(OCc3ccccc3)ccc2C1c1ccccc1.Cl. The zero-order chi connectivity index (χ0) is 17.8. The van der Waals surface area contributed by atoms with Gasteiger partial charge in [-0.05, 0) is 54.3 Å². The Hall–Kier alpha value is -2.29. The molecule has 4 rings (SSSR count). The van der Waals surface area contributed by atoms with E-state index in [4.69, 9.17) is 4.74 Å². The molecule has 3 aromatic carbocycles. The van der Waals surface area contributed by atoms with Crippen molar-refractivity contribution >= 4 is 12.4 Å². The van der Waals surface area contributed by atoms with Crippen LogP contribution in [0.4, 0.5) is 0 Å². The van der Waals surface area contributed by atoms with E-state index >= 15 is 0 Å². The van der Waals surface area contributed by atoms with Crippen LogP contribution >= 0.6 is 12.4 Å². The molecule has 0 bridgehead atoms. The van der Waals surface area contributed by atoms with Crippen LogP contribution < -0.4 is 10.1 Å². The molecule has 140 valence electrons. The predicted molar refractivity (Wildman–Crippen MR) is 114 cm³/mol. The normalized spacial score (nSPS) is 18.3. The molecule has 2 unspecified atom stereocenters. The van der Waals surface area contributed by atoms with Crippen molar-refractivity contribution < 1.29 is 4.74 Å². The zero-order valence-electron chi connectivity index (χ0n) is 15.6. The molecule has 1 N–H and O–H groups in total. The maximum Gasteiger partial charge on any atom is 0.120 e. The number of halogens is 1. The zero-order valence-corrected chi connectivity index (χ0v) is 16.4. The van der Waals surface area contributed by atoms with E-state index in [0.29, 0.717) is 18.6 Å². The van der Waals surface area contributed by atoms with Gasteiger partial charge in [0.1, 0.15) is 12.4 Å². The van der Waals surface area contributed by atoms with E-state index in [2.05, 4.69) is 73.0 Å². The Kier molecular flexibility index (Phi) is 6.54. The number of aryl methyl sites for hydroxylation is 1. The molecule has 27 heavy (non-hydrogen) atoms. The van der Waals surface area contributed by atoms with Crippen molar-refractivity contribution in [3.8, 4) is 5.75 Å². The Labute approximate surface area is 168 Å². The lowest BCUT2D eigenvalue weighted by Crippen LogP contribution is -2.36. The highest BCUT2D eigenvalue weighted by atomic mass is 35.5. The highest BCUT2D eigenvalue weighted by Crippen LogP contribution is 2.38. The lowest BCUT2D eigenvalue weighted by atomic mass is 9.75. The minimum Gasteiger partial charge on any atom is -0.489 e. The summed E-state index contributed by atoms with van der Waals surface area (Å²) in [7, 11) is 2.07. The quantitative estimate of drug-likeness (QED) is 0.644. The van der Waals surface area contributed by atoms with Crippen molar-refractivity contribution in [2.24, 2.45) is 0 Å². The third-order valence-electron chi connectivity index (χ3n) is 5.35. The maximum atomic E-state index is 6.04. The van der Waals surface area contributed by atoms with E-state index in [9.17, 15) is 0 Å². The van der Waals surface area contributed by atoms with Crippen molar-refractivity contribution in [3.63, 3.8) is 0 Å². The van der Waals surface area contributed by atoms with Gasteiger partial charge in [0.05, 0.1) is 0 Å². The van der Waals surface area contributed by atoms with Crippen molar-refractivity contribution in [2.45, 2.75) is 31.4 Å². The molecular weight excluding hydrogens is 354 g/mol. The van der Waals surface area contributed by atoms with E-state index in [1.165, 1.54) is 22.3 Å². The molecular formula is C24H26ClNO. The van der Waals surface area contributed by atoms with Gasteiger partial charge in [0, 0.05) is 12.0 Å². The molecule has 3 aromatic rings. The van der Waals surface area contributed by atoms with Crippen LogP contribution in [0, 0.1) is 0 Å². The first kappa shape index (κ1) is 19.5. The molecule has 0 saturated heterocycles. The van der Waals surface area contributed by atoms with Crippen LogP contribution in [0.5, 0.6) is 5.75 Å². The average Bonchev–Trinajstić information content (AvgIpc) is 2.72. The third-order valence-corrected chi connectivity index (χ3v) is 5.35. The van der Waals surface area contributed by atoms with Gasteiger partial charge in [-0.2, -0.15) is 0 Å². The summed E-state index contributed by atoms with van der Waals surface area (Å²) in [4.78, 5) is 0. The minimum absolute atomic E-state index is 0. The maximum absolute atomic E-state index is 6.04. The highest BCUT2D eigenvalue weighted by Gasteiger charge is 2.29. The standard InChI is InChI=1S/C24H25NO.ClH/c1-25-23-15-12-20-16-21(26-17-18-8-4-2-5-9-18)13-14-22(20)24(23)19-10-6-3-7-11-19;/h2-11,13-14,16,23-25H,12,15,17H2,1H3;1H. The van der Waals surface area contributed by atoms with Gasteiger partial charge in [0.15, 0.2) is 0 Å². The number of rotatable bonds is 5. The smallest absolute Gasteiger partial charge is 0.120 e. The second-order valence-corrected chi connectivity index (χ2v) is 6.96. The summed E-state index contributed by atoms with van der Waals surface area (Å²) < 4.78 is 6.04. The largest absolute Gasteiger partial charge is 0.489 e. The summed E-state index contributed by atoms with van der Waals surface area (Å²) in [6, 6.07) is 28.2. The van der Waals surface area contributed by atoms with Crippen molar-refractivity contribution in [1.82, 2.24) is 5.32 Å². The number of fused-ring (bicyclic) bond motifs is 1. The Balaban J connectivity index is 0.00000210. The van der Waals surface area contributed by atoms with Crippen molar-refractivity contribution in [1.29, 1.82) is 0 Å². The van der Waals surface area contributed by atoms with Crippen LogP contribution in [-0.4, -0.2) is 13.1 Å². The molecule has 0 amide bonds. The van der Waals surface area contributed by atoms with Crippen molar-refractivity contribution in [2.75, 3.05) is 7.05 Å². The topological polar surface area (TPSA) is 21.3 Å². The Bertz CT molecular complexity index is 851. The van der Waals surface area contributed by atoms with Crippen LogP contribution in [-0.2, 0) is 13.0 Å². The van der Waals surface area contributed by atoms with Crippen molar-refractivity contribution in [3.05, 3.63) is 101 Å². The molecule has 1 aliphatic rings. The number of ether oxygens (including phenoxy) is 1. The second-order valence-electron chi connectivity index (χ2n) is 6.96. The fraction of sp³-hybridized carbons (Fsp3) is 0.250. The number of likely N-dealkylation sites (N-methyl/N-ethyl adjacent to an activating group) is 1. The molecule has 0 radical (unpaired) electrons. The highest BCUT2D eigenvalue weighted by molar-refractivity contribution is 5.85. The van der Waals surface area contributed by atoms with Gasteiger partial charge in [0.25, 0.3) is 0 Å². The molecule has 0 heterocycles. The molecule has 0 aromatic heterocycles. The Morgan fingerprint density at radius 2 is 1.63 bits per heavy atom. The van der Waals surface area contributed by atoms with Gasteiger partial charge in [0.2, 0.25) is 0 Å². The molecule has 2 atom stereocenters. The van der Waals surface area contributed by atoms with E-state index in [0.717, 1.165) is 18.6 Å². The molecule has 0 spiro atoms. The fourth-order valence-electron chi connectivity index (χ4n) is 4.01. The summed E-state index contributed by atoms with van der Waals surface area (Å²) in [5.74, 6) is 1.36. The molecule has 1 aliphatic carbocycles. The van der Waals surface area contributed by atoms with Crippen LogP contribution in [0.15, 0.2) is 78.9 Å². The second kappa shape index (κ2) is 9.07. The first-order valence-corrected chi connectivity index (χ1v) is 9.37. The van der Waals surface area contributed by atoms with Gasteiger partial charge >= 0.3 is 0 Å². The van der Waals surface area contributed by atoms with Crippen LogP contribution in [0.1, 0.15) is 34.6 Å².